The normalized spacial score (nSPS) is 24.5. The van der Waals surface area contributed by atoms with Gasteiger partial charge >= 0.3 is 0 Å². The maximum absolute atomic E-state index is 12.0. The minimum atomic E-state index is -0.966. The molecule has 1 fully saturated rings. The van der Waals surface area contributed by atoms with Gasteiger partial charge in [0.05, 0.1) is 0 Å². The molecule has 0 bridgehead atoms. The average molecular weight is 281 g/mol. The van der Waals surface area contributed by atoms with Crippen LogP contribution in [0.3, 0.4) is 0 Å². The molecular formula is C12H22Cl2N2O. The third kappa shape index (κ3) is 4.01. The molecule has 1 rings (SSSR count). The van der Waals surface area contributed by atoms with E-state index in [1.165, 1.54) is 0 Å². The third-order valence-corrected chi connectivity index (χ3v) is 3.54. The molecule has 1 heterocycles. The minimum absolute atomic E-state index is 0.186. The lowest BCUT2D eigenvalue weighted by Gasteiger charge is -2.46. The molecule has 3 nitrogen and oxygen atoms in total. The van der Waals surface area contributed by atoms with Crippen LogP contribution in [-0.4, -0.2) is 40.3 Å². The molecule has 1 atom stereocenters. The van der Waals surface area contributed by atoms with Crippen LogP contribution in [0.2, 0.25) is 0 Å². The molecule has 1 saturated heterocycles. The van der Waals surface area contributed by atoms with Gasteiger partial charge in [0.25, 0.3) is 5.91 Å². The van der Waals surface area contributed by atoms with Gasteiger partial charge in [-0.15, -0.1) is 0 Å². The zero-order chi connectivity index (χ0) is 13.2. The number of carbonyl (C=O) groups excluding carboxylic acids is 1. The van der Waals surface area contributed by atoms with Crippen LogP contribution in [0.4, 0.5) is 0 Å². The standard InChI is InChI=1S/C12H22Cl2N2O/c1-8(2)5-9-6-16(11(17)10(13)14)12(3,4)7-15-9/h8-10,15H,5-7H2,1-4H3. The van der Waals surface area contributed by atoms with Gasteiger partial charge in [0.2, 0.25) is 0 Å². The number of carbonyl (C=O) groups is 1. The molecule has 1 aliphatic heterocycles. The van der Waals surface area contributed by atoms with Gasteiger partial charge in [0, 0.05) is 24.7 Å². The van der Waals surface area contributed by atoms with Gasteiger partial charge < -0.3 is 10.2 Å². The van der Waals surface area contributed by atoms with E-state index in [1.807, 2.05) is 13.8 Å². The summed E-state index contributed by atoms with van der Waals surface area (Å²) < 4.78 is 0. The molecule has 17 heavy (non-hydrogen) atoms. The Morgan fingerprint density at radius 2 is 2.06 bits per heavy atom. The molecule has 5 heteroatoms. The molecule has 1 aliphatic rings. The van der Waals surface area contributed by atoms with Crippen molar-refractivity contribution in [3.05, 3.63) is 0 Å². The van der Waals surface area contributed by atoms with E-state index >= 15 is 0 Å². The Labute approximate surface area is 114 Å². The molecule has 0 spiro atoms. The first-order chi connectivity index (χ1) is 7.74. The van der Waals surface area contributed by atoms with Crippen LogP contribution in [0.25, 0.3) is 0 Å². The topological polar surface area (TPSA) is 32.3 Å². The number of nitrogens with one attached hydrogen (secondary N) is 1. The Morgan fingerprint density at radius 3 is 2.53 bits per heavy atom. The molecule has 0 aromatic heterocycles. The molecule has 0 aromatic carbocycles. The number of hydrogen-bond donors (Lipinski definition) is 1. The van der Waals surface area contributed by atoms with Crippen LogP contribution in [0.1, 0.15) is 34.1 Å². The van der Waals surface area contributed by atoms with E-state index in [2.05, 4.69) is 19.2 Å². The smallest absolute Gasteiger partial charge is 0.256 e. The molecule has 0 aliphatic carbocycles. The highest BCUT2D eigenvalue weighted by atomic mass is 35.5. The average Bonchev–Trinajstić information content (AvgIpc) is 2.19. The number of hydrogen-bond acceptors (Lipinski definition) is 2. The summed E-state index contributed by atoms with van der Waals surface area (Å²) in [5, 5.41) is 3.48. The Balaban J connectivity index is 2.72. The van der Waals surface area contributed by atoms with E-state index in [-0.39, 0.29) is 11.4 Å². The summed E-state index contributed by atoms with van der Waals surface area (Å²) in [6.07, 6.45) is 1.05. The van der Waals surface area contributed by atoms with Gasteiger partial charge in [-0.05, 0) is 26.2 Å². The van der Waals surface area contributed by atoms with E-state index < -0.39 is 4.84 Å². The Bertz CT molecular complexity index is 280. The fraction of sp³-hybridized carbons (Fsp3) is 0.917. The first-order valence-electron chi connectivity index (χ1n) is 6.07. The fourth-order valence-electron chi connectivity index (χ4n) is 2.25. The van der Waals surface area contributed by atoms with Crippen LogP contribution >= 0.6 is 23.2 Å². The van der Waals surface area contributed by atoms with E-state index in [0.29, 0.717) is 18.5 Å². The summed E-state index contributed by atoms with van der Waals surface area (Å²) in [5.41, 5.74) is -0.230. The summed E-state index contributed by atoms with van der Waals surface area (Å²) in [4.78, 5) is 12.8. The summed E-state index contributed by atoms with van der Waals surface area (Å²) in [5.74, 6) is 0.419. The fourth-order valence-corrected chi connectivity index (χ4v) is 2.49. The van der Waals surface area contributed by atoms with Crippen LogP contribution in [0, 0.1) is 5.92 Å². The van der Waals surface area contributed by atoms with Crippen molar-refractivity contribution in [3.63, 3.8) is 0 Å². The summed E-state index contributed by atoms with van der Waals surface area (Å²) in [6, 6.07) is 0.332. The van der Waals surface area contributed by atoms with Gasteiger partial charge in [-0.25, -0.2) is 0 Å². The van der Waals surface area contributed by atoms with Gasteiger partial charge in [-0.2, -0.15) is 0 Å². The van der Waals surface area contributed by atoms with Crippen molar-refractivity contribution in [2.45, 2.75) is 50.5 Å². The SMILES string of the molecule is CC(C)CC1CN(C(=O)C(Cl)Cl)C(C)(C)CN1. The van der Waals surface area contributed by atoms with Crippen LogP contribution in [-0.2, 0) is 4.79 Å². The molecule has 0 aromatic rings. The van der Waals surface area contributed by atoms with Crippen molar-refractivity contribution in [2.24, 2.45) is 5.92 Å². The molecule has 1 unspecified atom stereocenters. The van der Waals surface area contributed by atoms with Crippen LogP contribution in [0.5, 0.6) is 0 Å². The molecule has 0 radical (unpaired) electrons. The van der Waals surface area contributed by atoms with Crippen molar-refractivity contribution >= 4 is 29.1 Å². The summed E-state index contributed by atoms with van der Waals surface area (Å²) in [6.45, 7) is 9.87. The molecule has 0 saturated carbocycles. The van der Waals surface area contributed by atoms with Crippen molar-refractivity contribution in [1.82, 2.24) is 10.2 Å². The summed E-state index contributed by atoms with van der Waals surface area (Å²) >= 11 is 11.4. The molecular weight excluding hydrogens is 259 g/mol. The maximum Gasteiger partial charge on any atom is 0.256 e. The van der Waals surface area contributed by atoms with E-state index in [4.69, 9.17) is 23.2 Å². The molecule has 1 N–H and O–H groups in total. The molecule has 100 valence electrons. The van der Waals surface area contributed by atoms with Crippen molar-refractivity contribution < 1.29 is 4.79 Å². The minimum Gasteiger partial charge on any atom is -0.332 e. The maximum atomic E-state index is 12.0. The first-order valence-corrected chi connectivity index (χ1v) is 6.94. The van der Waals surface area contributed by atoms with E-state index in [0.717, 1.165) is 13.0 Å². The van der Waals surface area contributed by atoms with Crippen molar-refractivity contribution in [2.75, 3.05) is 13.1 Å². The lowest BCUT2D eigenvalue weighted by atomic mass is 9.93. The van der Waals surface area contributed by atoms with E-state index in [9.17, 15) is 4.79 Å². The monoisotopic (exact) mass is 280 g/mol. The number of alkyl halides is 2. The zero-order valence-corrected chi connectivity index (χ0v) is 12.5. The second kappa shape index (κ2) is 5.77. The van der Waals surface area contributed by atoms with Crippen molar-refractivity contribution in [1.29, 1.82) is 0 Å². The van der Waals surface area contributed by atoms with Crippen LogP contribution in [0.15, 0.2) is 0 Å². The predicted octanol–water partition coefficient (Wildman–Crippen LogP) is 2.42. The largest absolute Gasteiger partial charge is 0.332 e. The number of rotatable bonds is 3. The number of nitrogens with zero attached hydrogens (tertiary/aromatic N) is 1. The highest BCUT2D eigenvalue weighted by molar-refractivity contribution is 6.53. The Morgan fingerprint density at radius 1 is 1.47 bits per heavy atom. The second-order valence-electron chi connectivity index (χ2n) is 5.77. The number of halogens is 2. The van der Waals surface area contributed by atoms with Gasteiger partial charge in [-0.3, -0.25) is 4.79 Å². The number of piperazine rings is 1. The quantitative estimate of drug-likeness (QED) is 0.806. The predicted molar refractivity (Wildman–Crippen MR) is 72.5 cm³/mol. The third-order valence-electron chi connectivity index (χ3n) is 3.17. The van der Waals surface area contributed by atoms with E-state index in [1.54, 1.807) is 4.90 Å². The first kappa shape index (κ1) is 15.1. The molecule has 1 amide bonds. The van der Waals surface area contributed by atoms with Crippen molar-refractivity contribution in [3.8, 4) is 0 Å². The van der Waals surface area contributed by atoms with Gasteiger partial charge in [0.1, 0.15) is 0 Å². The second-order valence-corrected chi connectivity index (χ2v) is 6.87. The highest BCUT2D eigenvalue weighted by Crippen LogP contribution is 2.24. The van der Waals surface area contributed by atoms with Gasteiger partial charge in [-0.1, -0.05) is 37.0 Å². The Hall–Kier alpha value is 0.01000. The Kier molecular flexibility index (Phi) is 5.11. The number of amides is 1. The van der Waals surface area contributed by atoms with Crippen LogP contribution < -0.4 is 5.32 Å². The van der Waals surface area contributed by atoms with Gasteiger partial charge in [0.15, 0.2) is 4.84 Å². The lowest BCUT2D eigenvalue weighted by molar-refractivity contribution is -0.137. The summed E-state index contributed by atoms with van der Waals surface area (Å²) in [7, 11) is 0. The lowest BCUT2D eigenvalue weighted by Crippen LogP contribution is -2.64. The zero-order valence-electron chi connectivity index (χ0n) is 11.0. The highest BCUT2D eigenvalue weighted by Gasteiger charge is 2.38.